The molecule has 1 aromatic rings. The summed E-state index contributed by atoms with van der Waals surface area (Å²) in [6, 6.07) is 7.50. The fraction of sp³-hybridized carbons (Fsp3) is 0.364. The molecule has 1 aromatic carbocycles. The van der Waals surface area contributed by atoms with E-state index in [1.54, 1.807) is 24.9 Å². The molecule has 0 heterocycles. The second kappa shape index (κ2) is 4.62. The fourth-order valence-electron chi connectivity index (χ4n) is 0.977. The van der Waals surface area contributed by atoms with Crippen molar-refractivity contribution in [3.05, 3.63) is 29.8 Å². The van der Waals surface area contributed by atoms with Crippen LogP contribution in [0.3, 0.4) is 0 Å². The van der Waals surface area contributed by atoms with Gasteiger partial charge in [0.05, 0.1) is 0 Å². The molecule has 0 fully saturated rings. The Kier molecular flexibility index (Phi) is 3.72. The smallest absolute Gasteiger partial charge is 0.151 e. The van der Waals surface area contributed by atoms with Crippen LogP contribution in [-0.4, -0.2) is 18.3 Å². The zero-order valence-corrected chi connectivity index (χ0v) is 9.43. The van der Waals surface area contributed by atoms with Crippen molar-refractivity contribution in [2.75, 3.05) is 7.11 Å². The van der Waals surface area contributed by atoms with Gasteiger partial charge in [-0.3, -0.25) is 4.79 Å². The Labute approximate surface area is 88.7 Å². The van der Waals surface area contributed by atoms with Crippen molar-refractivity contribution in [3.63, 3.8) is 0 Å². The molecule has 0 N–H and O–H groups in total. The van der Waals surface area contributed by atoms with Gasteiger partial charge in [-0.1, -0.05) is 30.0 Å². The number of carbonyl (C=O) groups excluding carboxylic acids is 1. The number of carbonyl (C=O) groups is 1. The molecule has 0 saturated heterocycles. The van der Waals surface area contributed by atoms with E-state index in [1.165, 1.54) is 0 Å². The number of ether oxygens (including phenoxy) is 1. The maximum absolute atomic E-state index is 10.7. The van der Waals surface area contributed by atoms with E-state index < -0.39 is 0 Å². The second-order valence-electron chi connectivity index (χ2n) is 3.36. The van der Waals surface area contributed by atoms with Crippen LogP contribution in [0.15, 0.2) is 29.2 Å². The van der Waals surface area contributed by atoms with Gasteiger partial charge in [0.2, 0.25) is 0 Å². The lowest BCUT2D eigenvalue weighted by Crippen LogP contribution is -2.16. The third kappa shape index (κ3) is 2.86. The topological polar surface area (TPSA) is 26.3 Å². The van der Waals surface area contributed by atoms with Gasteiger partial charge in [-0.2, -0.15) is 0 Å². The van der Waals surface area contributed by atoms with Crippen LogP contribution < -0.4 is 0 Å². The molecule has 0 spiro atoms. The van der Waals surface area contributed by atoms with Crippen molar-refractivity contribution in [2.45, 2.75) is 23.7 Å². The number of benzene rings is 1. The molecular weight excluding hydrogens is 196 g/mol. The zero-order chi connectivity index (χ0) is 10.6. The first-order valence-electron chi connectivity index (χ1n) is 4.37. The molecule has 0 saturated carbocycles. The van der Waals surface area contributed by atoms with Gasteiger partial charge in [-0.15, -0.1) is 0 Å². The van der Waals surface area contributed by atoms with Gasteiger partial charge in [-0.05, 0) is 19.9 Å². The van der Waals surface area contributed by atoms with Crippen molar-refractivity contribution < 1.29 is 9.53 Å². The lowest BCUT2D eigenvalue weighted by atomic mass is 10.2. The Bertz CT molecular complexity index is 321. The predicted octanol–water partition coefficient (Wildman–Crippen LogP) is 2.97. The van der Waals surface area contributed by atoms with E-state index in [2.05, 4.69) is 0 Å². The Hall–Kier alpha value is -0.800. The lowest BCUT2D eigenvalue weighted by Gasteiger charge is -2.22. The van der Waals surface area contributed by atoms with Crippen LogP contribution in [0, 0.1) is 0 Å². The molecule has 0 unspecified atom stereocenters. The van der Waals surface area contributed by atoms with E-state index in [0.717, 1.165) is 11.2 Å². The molecule has 14 heavy (non-hydrogen) atoms. The van der Waals surface area contributed by atoms with E-state index in [-0.39, 0.29) is 4.93 Å². The minimum Gasteiger partial charge on any atom is -0.368 e. The van der Waals surface area contributed by atoms with Crippen molar-refractivity contribution in [3.8, 4) is 0 Å². The van der Waals surface area contributed by atoms with Crippen molar-refractivity contribution in [1.29, 1.82) is 0 Å². The van der Waals surface area contributed by atoms with Crippen LogP contribution >= 0.6 is 11.8 Å². The Morgan fingerprint density at radius 1 is 1.36 bits per heavy atom. The average Bonchev–Trinajstić information content (AvgIpc) is 2.18. The maximum Gasteiger partial charge on any atom is 0.151 e. The number of rotatable bonds is 4. The zero-order valence-electron chi connectivity index (χ0n) is 8.61. The van der Waals surface area contributed by atoms with E-state index in [0.29, 0.717) is 5.56 Å². The van der Waals surface area contributed by atoms with Gasteiger partial charge in [-0.25, -0.2) is 0 Å². The highest BCUT2D eigenvalue weighted by Crippen LogP contribution is 2.34. The summed E-state index contributed by atoms with van der Waals surface area (Å²) in [7, 11) is 1.66. The van der Waals surface area contributed by atoms with Gasteiger partial charge in [0.1, 0.15) is 4.93 Å². The molecule has 0 atom stereocenters. The highest BCUT2D eigenvalue weighted by molar-refractivity contribution is 8.00. The first-order chi connectivity index (χ1) is 6.59. The van der Waals surface area contributed by atoms with Crippen LogP contribution in [0.4, 0.5) is 0 Å². The lowest BCUT2D eigenvalue weighted by molar-refractivity contribution is 0.103. The Morgan fingerprint density at radius 2 is 2.00 bits per heavy atom. The standard InChI is InChI=1S/C11H14O2S/c1-11(2,13-3)14-10-7-5-4-6-9(10)8-12/h4-8H,1-3H3. The molecule has 3 heteroatoms. The first kappa shape index (κ1) is 11.3. The molecule has 0 aliphatic heterocycles. The van der Waals surface area contributed by atoms with Gasteiger partial charge in [0.25, 0.3) is 0 Å². The third-order valence-corrected chi connectivity index (χ3v) is 3.14. The van der Waals surface area contributed by atoms with Gasteiger partial charge < -0.3 is 4.74 Å². The van der Waals surface area contributed by atoms with Crippen LogP contribution in [0.5, 0.6) is 0 Å². The van der Waals surface area contributed by atoms with Crippen LogP contribution in [0.1, 0.15) is 24.2 Å². The molecule has 2 nitrogen and oxygen atoms in total. The summed E-state index contributed by atoms with van der Waals surface area (Å²) in [6.07, 6.45) is 0.869. The first-order valence-corrected chi connectivity index (χ1v) is 5.19. The normalized spacial score (nSPS) is 11.4. The van der Waals surface area contributed by atoms with Crippen LogP contribution in [-0.2, 0) is 4.74 Å². The molecule has 0 aromatic heterocycles. The summed E-state index contributed by atoms with van der Waals surface area (Å²) in [4.78, 5) is 11.4. The van der Waals surface area contributed by atoms with E-state index >= 15 is 0 Å². The van der Waals surface area contributed by atoms with Crippen LogP contribution in [0.25, 0.3) is 0 Å². The molecule has 0 aliphatic rings. The number of hydrogen-bond donors (Lipinski definition) is 0. The Morgan fingerprint density at radius 3 is 2.57 bits per heavy atom. The average molecular weight is 210 g/mol. The maximum atomic E-state index is 10.7. The minimum absolute atomic E-state index is 0.306. The second-order valence-corrected chi connectivity index (χ2v) is 4.99. The van der Waals surface area contributed by atoms with E-state index in [9.17, 15) is 4.79 Å². The highest BCUT2D eigenvalue weighted by Gasteiger charge is 2.19. The third-order valence-electron chi connectivity index (χ3n) is 1.89. The largest absolute Gasteiger partial charge is 0.368 e. The number of aldehydes is 1. The van der Waals surface area contributed by atoms with Crippen molar-refractivity contribution in [2.24, 2.45) is 0 Å². The fourth-order valence-corrected chi connectivity index (χ4v) is 1.97. The SMILES string of the molecule is COC(C)(C)Sc1ccccc1C=O. The summed E-state index contributed by atoms with van der Waals surface area (Å²) < 4.78 is 5.29. The molecule has 0 aliphatic carbocycles. The predicted molar refractivity (Wildman–Crippen MR) is 58.8 cm³/mol. The molecule has 76 valence electrons. The summed E-state index contributed by atoms with van der Waals surface area (Å²) in [6.45, 7) is 3.94. The van der Waals surface area contributed by atoms with E-state index in [4.69, 9.17) is 4.74 Å². The minimum atomic E-state index is -0.306. The number of thioether (sulfide) groups is 1. The van der Waals surface area contributed by atoms with E-state index in [1.807, 2.05) is 32.0 Å². The number of methoxy groups -OCH3 is 1. The molecule has 0 bridgehead atoms. The van der Waals surface area contributed by atoms with Crippen molar-refractivity contribution in [1.82, 2.24) is 0 Å². The Balaban J connectivity index is 2.91. The molecular formula is C11H14O2S. The summed E-state index contributed by atoms with van der Waals surface area (Å²) >= 11 is 1.54. The van der Waals surface area contributed by atoms with Crippen LogP contribution in [0.2, 0.25) is 0 Å². The molecule has 0 radical (unpaired) electrons. The quantitative estimate of drug-likeness (QED) is 0.434. The summed E-state index contributed by atoms with van der Waals surface area (Å²) in [5.74, 6) is 0. The van der Waals surface area contributed by atoms with Crippen molar-refractivity contribution >= 4 is 18.0 Å². The monoisotopic (exact) mass is 210 g/mol. The summed E-state index contributed by atoms with van der Waals surface area (Å²) in [5.41, 5.74) is 0.711. The number of hydrogen-bond acceptors (Lipinski definition) is 3. The van der Waals surface area contributed by atoms with Gasteiger partial charge in [0.15, 0.2) is 6.29 Å². The van der Waals surface area contributed by atoms with Gasteiger partial charge in [0, 0.05) is 17.6 Å². The summed E-state index contributed by atoms with van der Waals surface area (Å²) in [5, 5.41) is 0. The molecule has 1 rings (SSSR count). The van der Waals surface area contributed by atoms with Gasteiger partial charge >= 0.3 is 0 Å². The molecule has 0 amide bonds. The highest BCUT2D eigenvalue weighted by atomic mass is 32.2.